The molecule has 1 amide bonds. The van der Waals surface area contributed by atoms with Gasteiger partial charge in [0.2, 0.25) is 16.2 Å². The number of aliphatic hydroxyl groups is 1. The van der Waals surface area contributed by atoms with Crippen LogP contribution in [0.15, 0.2) is 48.5 Å². The molecule has 0 saturated heterocycles. The third-order valence-corrected chi connectivity index (χ3v) is 9.21. The molecule has 3 N–H and O–H groups in total. The van der Waals surface area contributed by atoms with E-state index in [4.69, 9.17) is 0 Å². The predicted octanol–water partition coefficient (Wildman–Crippen LogP) is 4.73. The summed E-state index contributed by atoms with van der Waals surface area (Å²) in [4.78, 5) is 16.7. The predicted molar refractivity (Wildman–Crippen MR) is 166 cm³/mol. The molecule has 1 unspecified atom stereocenters. The van der Waals surface area contributed by atoms with Crippen LogP contribution >= 0.6 is 22.7 Å². The molecule has 10 nitrogen and oxygen atoms in total. The number of carbonyl (C=O) groups excluding carboxylic acids is 1. The lowest BCUT2D eigenvalue weighted by Gasteiger charge is -2.15. The third kappa shape index (κ3) is 7.57. The van der Waals surface area contributed by atoms with E-state index in [0.717, 1.165) is 51.8 Å². The zero-order valence-electron chi connectivity index (χ0n) is 23.7. The molecule has 1 aliphatic carbocycles. The van der Waals surface area contributed by atoms with Crippen LogP contribution in [-0.4, -0.2) is 65.8 Å². The van der Waals surface area contributed by atoms with Gasteiger partial charge < -0.3 is 25.5 Å². The average molecular weight is 593 g/mol. The van der Waals surface area contributed by atoms with E-state index in [1.807, 2.05) is 80.5 Å². The fourth-order valence-electron chi connectivity index (χ4n) is 5.01. The lowest BCUT2D eigenvalue weighted by Crippen LogP contribution is -2.21. The lowest BCUT2D eigenvalue weighted by atomic mass is 10.1. The summed E-state index contributed by atoms with van der Waals surface area (Å²) in [5.41, 5.74) is 4.16. The summed E-state index contributed by atoms with van der Waals surface area (Å²) in [7, 11) is 7.96. The van der Waals surface area contributed by atoms with Crippen LogP contribution in [0.1, 0.15) is 52.2 Å². The molecule has 5 rings (SSSR count). The van der Waals surface area contributed by atoms with Gasteiger partial charge >= 0.3 is 0 Å². The Morgan fingerprint density at radius 1 is 0.878 bits per heavy atom. The van der Waals surface area contributed by atoms with Crippen LogP contribution < -0.4 is 20.4 Å². The molecule has 12 heteroatoms. The van der Waals surface area contributed by atoms with Crippen molar-refractivity contribution in [3.05, 3.63) is 69.7 Å². The van der Waals surface area contributed by atoms with Gasteiger partial charge in [-0.2, -0.15) is 0 Å². The first kappa shape index (κ1) is 28.9. The lowest BCUT2D eigenvalue weighted by molar-refractivity contribution is -0.115. The van der Waals surface area contributed by atoms with E-state index in [-0.39, 0.29) is 24.2 Å². The minimum absolute atomic E-state index is 0.102. The molecule has 0 aliphatic heterocycles. The summed E-state index contributed by atoms with van der Waals surface area (Å²) in [6.07, 6.45) is 2.89. The number of rotatable bonds is 11. The fourth-order valence-corrected chi connectivity index (χ4v) is 6.85. The van der Waals surface area contributed by atoms with E-state index < -0.39 is 6.23 Å². The Bertz CT molecular complexity index is 1470. The molecular weight excluding hydrogens is 557 g/mol. The molecule has 4 aromatic rings. The van der Waals surface area contributed by atoms with Crippen molar-refractivity contribution in [2.75, 3.05) is 48.6 Å². The van der Waals surface area contributed by atoms with Crippen LogP contribution in [0.25, 0.3) is 0 Å². The smallest absolute Gasteiger partial charge is 0.230 e. The van der Waals surface area contributed by atoms with Crippen LogP contribution in [0.2, 0.25) is 0 Å². The molecule has 41 heavy (non-hydrogen) atoms. The molecule has 2 aromatic carbocycles. The minimum atomic E-state index is -0.753. The molecule has 1 aliphatic rings. The Balaban J connectivity index is 1.12. The maximum atomic E-state index is 12.6. The number of nitrogens with one attached hydrogen (secondary N) is 2. The van der Waals surface area contributed by atoms with Gasteiger partial charge in [0.1, 0.15) is 16.2 Å². The molecule has 2 heterocycles. The monoisotopic (exact) mass is 592 g/mol. The molecule has 0 spiro atoms. The molecule has 0 radical (unpaired) electrons. The second-order valence-corrected chi connectivity index (χ2v) is 12.8. The highest BCUT2D eigenvalue weighted by molar-refractivity contribution is 7.15. The number of hydrogen-bond donors (Lipinski definition) is 3. The third-order valence-electron chi connectivity index (χ3n) is 7.20. The summed E-state index contributed by atoms with van der Waals surface area (Å²) in [6, 6.07) is 16.1. The van der Waals surface area contributed by atoms with E-state index in [1.54, 1.807) is 0 Å². The number of nitrogens with zero attached hydrogens (tertiary/aromatic N) is 6. The molecule has 216 valence electrons. The Hall–Kier alpha value is -3.61. The maximum absolute atomic E-state index is 12.6. The minimum Gasteiger partial charge on any atom is -0.378 e. The summed E-state index contributed by atoms with van der Waals surface area (Å²) in [5, 5.41) is 37.0. The number of hydrogen-bond acceptors (Lipinski definition) is 11. The Morgan fingerprint density at radius 2 is 1.44 bits per heavy atom. The van der Waals surface area contributed by atoms with Crippen molar-refractivity contribution in [2.24, 2.45) is 0 Å². The van der Waals surface area contributed by atoms with Crippen LogP contribution in [0, 0.1) is 0 Å². The van der Waals surface area contributed by atoms with Crippen molar-refractivity contribution >= 4 is 50.2 Å². The van der Waals surface area contributed by atoms with Crippen LogP contribution in [0.5, 0.6) is 0 Å². The van der Waals surface area contributed by atoms with E-state index in [9.17, 15) is 9.90 Å². The second kappa shape index (κ2) is 12.9. The zero-order chi connectivity index (χ0) is 28.9. The van der Waals surface area contributed by atoms with Gasteiger partial charge in [-0.25, -0.2) is 0 Å². The summed E-state index contributed by atoms with van der Waals surface area (Å²) >= 11 is 2.95. The molecule has 1 fully saturated rings. The largest absolute Gasteiger partial charge is 0.378 e. The average Bonchev–Trinajstić information content (AvgIpc) is 3.70. The van der Waals surface area contributed by atoms with E-state index in [0.29, 0.717) is 16.7 Å². The van der Waals surface area contributed by atoms with Crippen molar-refractivity contribution in [2.45, 2.75) is 50.2 Å². The van der Waals surface area contributed by atoms with Crippen LogP contribution in [-0.2, 0) is 17.6 Å². The fraction of sp³-hybridized carbons (Fsp3) is 0.414. The summed E-state index contributed by atoms with van der Waals surface area (Å²) in [5.74, 6) is 0.456. The molecule has 2 aromatic heterocycles. The quantitative estimate of drug-likeness (QED) is 0.212. The number of aliphatic hydroxyl groups excluding tert-OH is 1. The van der Waals surface area contributed by atoms with Crippen molar-refractivity contribution in [3.63, 3.8) is 0 Å². The van der Waals surface area contributed by atoms with Gasteiger partial charge in [-0.05, 0) is 54.7 Å². The zero-order valence-corrected chi connectivity index (χ0v) is 25.4. The van der Waals surface area contributed by atoms with Gasteiger partial charge in [0, 0.05) is 57.8 Å². The number of benzene rings is 2. The van der Waals surface area contributed by atoms with Crippen molar-refractivity contribution in [3.8, 4) is 0 Å². The van der Waals surface area contributed by atoms with Crippen LogP contribution in [0.3, 0.4) is 0 Å². The van der Waals surface area contributed by atoms with Gasteiger partial charge in [0.15, 0.2) is 0 Å². The van der Waals surface area contributed by atoms with Gasteiger partial charge in [0.25, 0.3) is 0 Å². The van der Waals surface area contributed by atoms with Crippen molar-refractivity contribution < 1.29 is 9.90 Å². The van der Waals surface area contributed by atoms with Crippen LogP contribution in [0.4, 0.5) is 21.6 Å². The van der Waals surface area contributed by atoms with E-state index in [2.05, 4.69) is 37.1 Å². The number of carbonyl (C=O) groups is 1. The Labute approximate surface area is 248 Å². The summed E-state index contributed by atoms with van der Waals surface area (Å²) in [6.45, 7) is 0. The second-order valence-electron chi connectivity index (χ2n) is 10.8. The Kier molecular flexibility index (Phi) is 9.11. The molecule has 1 saturated carbocycles. The molecular formula is C29H36N8O2S2. The first-order valence-corrected chi connectivity index (χ1v) is 15.3. The van der Waals surface area contributed by atoms with Gasteiger partial charge in [0.05, 0.1) is 6.42 Å². The van der Waals surface area contributed by atoms with Gasteiger partial charge in [-0.15, -0.1) is 20.4 Å². The first-order chi connectivity index (χ1) is 19.7. The highest BCUT2D eigenvalue weighted by Crippen LogP contribution is 2.45. The highest BCUT2D eigenvalue weighted by atomic mass is 32.1. The van der Waals surface area contributed by atoms with E-state index in [1.165, 1.54) is 22.7 Å². The number of amides is 1. The highest BCUT2D eigenvalue weighted by Gasteiger charge is 2.32. The van der Waals surface area contributed by atoms with Gasteiger partial charge in [-0.1, -0.05) is 46.9 Å². The maximum Gasteiger partial charge on any atom is 0.230 e. The molecule has 0 bridgehead atoms. The normalized spacial score (nSPS) is 17.3. The summed E-state index contributed by atoms with van der Waals surface area (Å²) < 4.78 is 0. The standard InChI is InChI=1S/C29H36N8O2S2/c1-36(2)22-9-5-7-18(13-22)15-24(38)30-28-34-32-26(40-28)20-11-12-21(17-20)27-33-35-29(41-27)31-25(39)16-19-8-6-10-23(14-19)37(3)4/h5-10,13-14,20-21,24,38H,11-12,15-17H2,1-4H3,(H,30,34)(H,31,35,39)/t20-,21-,24?/m0/s1. The molecule has 3 atom stereocenters. The topological polar surface area (TPSA) is 119 Å². The van der Waals surface area contributed by atoms with E-state index >= 15 is 0 Å². The Morgan fingerprint density at radius 3 is 2.07 bits per heavy atom. The van der Waals surface area contributed by atoms with Gasteiger partial charge in [-0.3, -0.25) is 4.79 Å². The van der Waals surface area contributed by atoms with Crippen molar-refractivity contribution in [1.82, 2.24) is 20.4 Å². The number of aromatic nitrogens is 4. The number of anilines is 4. The first-order valence-electron chi connectivity index (χ1n) is 13.7. The van der Waals surface area contributed by atoms with Crippen molar-refractivity contribution in [1.29, 1.82) is 0 Å². The SMILES string of the molecule is CN(C)c1cccc(CC(=O)Nc2nnc([C@H]3CC[C@H](c4nnc(NC(O)Cc5cccc(N(C)C)c5)s4)C3)s2)c1.